The van der Waals surface area contributed by atoms with E-state index in [1.807, 2.05) is 14.1 Å². The Labute approximate surface area is 417 Å². The molecule has 8 atom stereocenters. The Morgan fingerprint density at radius 1 is 0.500 bits per heavy atom. The average Bonchev–Trinajstić information content (AvgIpc) is 4.23. The van der Waals surface area contributed by atoms with Crippen molar-refractivity contribution in [3.8, 4) is 0 Å². The molecule has 3 rings (SSSR count). The standard InChI is InChI=1S/C59H105NO8/c1-6-9-12-14-18-25-32-48-43-50(48)34-27-20-16-22-29-37-56(61)65-46-53(67-57(62)38-30-23-17-21-28-35-51-44-49(51)33-26-19-15-13-10-7-2)47-66-59(64)45-52-40-41-55(54(52)36-24-11-8-3)68-58(63)39-31-42-60(4)5/h11,24,48-55H,6-10,12-23,25-47H2,1-5H3/b24-11-. The summed E-state index contributed by atoms with van der Waals surface area (Å²) in [4.78, 5) is 54.1. The third kappa shape index (κ3) is 29.7. The largest absolute Gasteiger partial charge is 0.462 e. The molecule has 68 heavy (non-hydrogen) atoms. The number of carbonyl (C=O) groups is 4. The van der Waals surface area contributed by atoms with Gasteiger partial charge in [0.25, 0.3) is 0 Å². The van der Waals surface area contributed by atoms with Gasteiger partial charge in [-0.15, -0.1) is 0 Å². The predicted molar refractivity (Wildman–Crippen MR) is 278 cm³/mol. The first kappa shape index (κ1) is 59.9. The molecule has 394 valence electrons. The molecule has 0 aromatic carbocycles. The fraction of sp³-hybridized carbons (Fsp3) is 0.898. The van der Waals surface area contributed by atoms with Crippen molar-refractivity contribution in [3.05, 3.63) is 12.2 Å². The highest BCUT2D eigenvalue weighted by atomic mass is 16.6. The third-order valence-corrected chi connectivity index (χ3v) is 15.5. The molecule has 0 aromatic rings. The summed E-state index contributed by atoms with van der Waals surface area (Å²) in [7, 11) is 3.99. The molecule has 3 fully saturated rings. The van der Waals surface area contributed by atoms with Crippen LogP contribution in [0, 0.1) is 35.5 Å². The Bertz CT molecular complexity index is 1350. The fourth-order valence-corrected chi connectivity index (χ4v) is 10.9. The Kier molecular flexibility index (Phi) is 33.7. The summed E-state index contributed by atoms with van der Waals surface area (Å²) >= 11 is 0. The zero-order valence-electron chi connectivity index (χ0n) is 44.8. The van der Waals surface area contributed by atoms with Crippen LogP contribution in [0.25, 0.3) is 0 Å². The maximum absolute atomic E-state index is 13.4. The number of hydrogen-bond acceptors (Lipinski definition) is 9. The molecule has 0 saturated heterocycles. The van der Waals surface area contributed by atoms with E-state index < -0.39 is 6.10 Å². The minimum atomic E-state index is -0.853. The molecule has 0 heterocycles. The molecule has 0 amide bonds. The van der Waals surface area contributed by atoms with E-state index in [-0.39, 0.29) is 61.5 Å². The van der Waals surface area contributed by atoms with Crippen LogP contribution in [0.1, 0.15) is 258 Å². The van der Waals surface area contributed by atoms with E-state index in [0.29, 0.717) is 19.3 Å². The van der Waals surface area contributed by atoms with Gasteiger partial charge in [-0.05, 0) is 108 Å². The summed E-state index contributed by atoms with van der Waals surface area (Å²) in [5.74, 6) is 2.70. The van der Waals surface area contributed by atoms with Crippen LogP contribution in [-0.2, 0) is 38.1 Å². The lowest BCUT2D eigenvalue weighted by molar-refractivity contribution is -0.167. The maximum Gasteiger partial charge on any atom is 0.306 e. The van der Waals surface area contributed by atoms with Crippen molar-refractivity contribution in [1.29, 1.82) is 0 Å². The smallest absolute Gasteiger partial charge is 0.306 e. The van der Waals surface area contributed by atoms with Crippen molar-refractivity contribution in [2.24, 2.45) is 35.5 Å². The Morgan fingerprint density at radius 2 is 0.956 bits per heavy atom. The van der Waals surface area contributed by atoms with Crippen LogP contribution >= 0.6 is 0 Å². The van der Waals surface area contributed by atoms with Gasteiger partial charge >= 0.3 is 23.9 Å². The van der Waals surface area contributed by atoms with E-state index in [0.717, 1.165) is 101 Å². The molecule has 9 nitrogen and oxygen atoms in total. The van der Waals surface area contributed by atoms with E-state index >= 15 is 0 Å². The molecule has 0 spiro atoms. The van der Waals surface area contributed by atoms with Gasteiger partial charge in [0.2, 0.25) is 0 Å². The number of unbranched alkanes of at least 4 members (excludes halogenated alkanes) is 18. The summed E-state index contributed by atoms with van der Waals surface area (Å²) in [5, 5.41) is 0. The first-order valence-electron chi connectivity index (χ1n) is 29.1. The summed E-state index contributed by atoms with van der Waals surface area (Å²) in [6.07, 6.45) is 44.1. The number of nitrogens with zero attached hydrogens (tertiary/aromatic N) is 1. The number of ether oxygens (including phenoxy) is 4. The number of carbonyl (C=O) groups excluding carboxylic acids is 4. The minimum absolute atomic E-state index is 0.0127. The highest BCUT2D eigenvalue weighted by Gasteiger charge is 2.39. The van der Waals surface area contributed by atoms with Gasteiger partial charge in [0, 0.05) is 31.6 Å². The van der Waals surface area contributed by atoms with Crippen LogP contribution < -0.4 is 0 Å². The molecule has 0 N–H and O–H groups in total. The van der Waals surface area contributed by atoms with Gasteiger partial charge in [0.1, 0.15) is 19.3 Å². The molecule has 0 radical (unpaired) electrons. The molecule has 0 bridgehead atoms. The van der Waals surface area contributed by atoms with E-state index in [9.17, 15) is 19.2 Å². The van der Waals surface area contributed by atoms with Crippen molar-refractivity contribution in [2.75, 3.05) is 33.9 Å². The second-order valence-corrected chi connectivity index (χ2v) is 22.0. The third-order valence-electron chi connectivity index (χ3n) is 15.5. The molecule has 3 aliphatic carbocycles. The van der Waals surface area contributed by atoms with Gasteiger partial charge in [0.05, 0.1) is 0 Å². The zero-order chi connectivity index (χ0) is 49.0. The molecule has 0 aromatic heterocycles. The Morgan fingerprint density at radius 3 is 1.46 bits per heavy atom. The highest BCUT2D eigenvalue weighted by Crippen LogP contribution is 2.47. The lowest BCUT2D eigenvalue weighted by Gasteiger charge is -2.24. The predicted octanol–water partition coefficient (Wildman–Crippen LogP) is 15.2. The molecular formula is C59H105NO8. The van der Waals surface area contributed by atoms with Gasteiger partial charge < -0.3 is 23.8 Å². The fourth-order valence-electron chi connectivity index (χ4n) is 10.9. The van der Waals surface area contributed by atoms with Crippen LogP contribution in [-0.4, -0.2) is 74.8 Å². The monoisotopic (exact) mass is 956 g/mol. The first-order chi connectivity index (χ1) is 33.1. The van der Waals surface area contributed by atoms with Gasteiger partial charge in [-0.2, -0.15) is 0 Å². The molecule has 3 saturated carbocycles. The first-order valence-corrected chi connectivity index (χ1v) is 29.1. The molecule has 0 aliphatic heterocycles. The summed E-state index contributed by atoms with van der Waals surface area (Å²) < 4.78 is 23.2. The second-order valence-electron chi connectivity index (χ2n) is 22.0. The number of rotatable bonds is 45. The van der Waals surface area contributed by atoms with Gasteiger partial charge in [-0.3, -0.25) is 19.2 Å². The molecular weight excluding hydrogens is 851 g/mol. The molecule has 8 unspecified atom stereocenters. The quantitative estimate of drug-likeness (QED) is 0.0255. The second kappa shape index (κ2) is 38.3. The summed E-state index contributed by atoms with van der Waals surface area (Å²) in [6.45, 7) is 7.19. The Balaban J connectivity index is 1.37. The van der Waals surface area contributed by atoms with Crippen molar-refractivity contribution in [2.45, 2.75) is 271 Å². The normalized spacial score (nSPS) is 22.4. The number of esters is 4. The number of hydrogen-bond donors (Lipinski definition) is 0. The van der Waals surface area contributed by atoms with Crippen LogP contribution in [0.15, 0.2) is 12.2 Å². The summed E-state index contributed by atoms with van der Waals surface area (Å²) in [5.41, 5.74) is 0. The Hall–Kier alpha value is -2.42. The van der Waals surface area contributed by atoms with Gasteiger partial charge in [0.15, 0.2) is 6.10 Å². The van der Waals surface area contributed by atoms with E-state index in [2.05, 4.69) is 37.8 Å². The van der Waals surface area contributed by atoms with E-state index in [4.69, 9.17) is 18.9 Å². The topological polar surface area (TPSA) is 108 Å². The minimum Gasteiger partial charge on any atom is -0.462 e. The van der Waals surface area contributed by atoms with Crippen LogP contribution in [0.4, 0.5) is 0 Å². The van der Waals surface area contributed by atoms with Crippen molar-refractivity contribution < 1.29 is 38.1 Å². The number of allylic oxidation sites excluding steroid dienone is 2. The molecule has 3 aliphatic rings. The lowest BCUT2D eigenvalue weighted by Crippen LogP contribution is -2.31. The van der Waals surface area contributed by atoms with Gasteiger partial charge in [-0.1, -0.05) is 187 Å². The van der Waals surface area contributed by atoms with E-state index in [1.165, 1.54) is 141 Å². The van der Waals surface area contributed by atoms with Crippen molar-refractivity contribution >= 4 is 23.9 Å². The van der Waals surface area contributed by atoms with E-state index in [1.54, 1.807) is 0 Å². The molecule has 9 heteroatoms. The summed E-state index contributed by atoms with van der Waals surface area (Å²) in [6, 6.07) is 0. The van der Waals surface area contributed by atoms with Gasteiger partial charge in [-0.25, -0.2) is 0 Å². The SMILES string of the molecule is CC/C=C\CC1C(CC(=O)OCC(COC(=O)CCCCCCCC2CC2CCCCCCCC)OC(=O)CCCCCCCC2CC2CCCCCCCC)CCC1OC(=O)CCCN(C)C. The lowest BCUT2D eigenvalue weighted by atomic mass is 9.88. The van der Waals surface area contributed by atoms with Crippen molar-refractivity contribution in [3.63, 3.8) is 0 Å². The van der Waals surface area contributed by atoms with Crippen LogP contribution in [0.5, 0.6) is 0 Å². The average molecular weight is 956 g/mol. The van der Waals surface area contributed by atoms with Crippen LogP contribution in [0.3, 0.4) is 0 Å². The van der Waals surface area contributed by atoms with Crippen molar-refractivity contribution in [1.82, 2.24) is 4.90 Å². The highest BCUT2D eigenvalue weighted by molar-refractivity contribution is 5.71. The zero-order valence-corrected chi connectivity index (χ0v) is 44.8. The maximum atomic E-state index is 13.4. The van der Waals surface area contributed by atoms with Crippen LogP contribution in [0.2, 0.25) is 0 Å².